The number of aromatic nitrogens is 1. The van der Waals surface area contributed by atoms with E-state index in [4.69, 9.17) is 4.74 Å². The van der Waals surface area contributed by atoms with Crippen molar-refractivity contribution < 1.29 is 4.74 Å². The number of hydrogen-bond donors (Lipinski definition) is 1. The van der Waals surface area contributed by atoms with Crippen LogP contribution in [0.4, 0.5) is 0 Å². The summed E-state index contributed by atoms with van der Waals surface area (Å²) in [5.74, 6) is 0.899. The number of aromatic amines is 1. The maximum Gasteiger partial charge on any atom is 0.118 e. The Morgan fingerprint density at radius 2 is 1.93 bits per heavy atom. The first-order valence-corrected chi connectivity index (χ1v) is 10.2. The highest BCUT2D eigenvalue weighted by Gasteiger charge is 2.31. The quantitative estimate of drug-likeness (QED) is 0.519. The molecule has 0 aliphatic carbocycles. The van der Waals surface area contributed by atoms with Gasteiger partial charge in [0.2, 0.25) is 0 Å². The minimum Gasteiger partial charge on any atom is -0.497 e. The maximum absolute atomic E-state index is 5.37. The molecule has 0 fully saturated rings. The van der Waals surface area contributed by atoms with Crippen LogP contribution in [0.1, 0.15) is 27.7 Å². The fourth-order valence-corrected chi connectivity index (χ4v) is 4.96. The van der Waals surface area contributed by atoms with Gasteiger partial charge in [0.1, 0.15) is 5.75 Å². The first kappa shape index (κ1) is 16.6. The third kappa shape index (κ3) is 2.95. The summed E-state index contributed by atoms with van der Waals surface area (Å²) >= 11 is 1.83. The average Bonchev–Trinajstić information content (AvgIpc) is 3.35. The van der Waals surface area contributed by atoms with Gasteiger partial charge in [-0.3, -0.25) is 4.90 Å². The van der Waals surface area contributed by atoms with Crippen LogP contribution in [0.5, 0.6) is 5.75 Å². The number of ether oxygens (including phenoxy) is 1. The predicted molar refractivity (Wildman–Crippen MR) is 112 cm³/mol. The Labute approximate surface area is 163 Å². The van der Waals surface area contributed by atoms with E-state index in [1.807, 2.05) is 11.3 Å². The zero-order chi connectivity index (χ0) is 18.2. The van der Waals surface area contributed by atoms with Crippen LogP contribution in [-0.2, 0) is 13.0 Å². The number of methoxy groups -OCH3 is 1. The van der Waals surface area contributed by atoms with Crippen molar-refractivity contribution in [2.45, 2.75) is 19.0 Å². The van der Waals surface area contributed by atoms with Crippen molar-refractivity contribution in [2.75, 3.05) is 13.7 Å². The van der Waals surface area contributed by atoms with Crippen molar-refractivity contribution in [2.24, 2.45) is 0 Å². The lowest BCUT2D eigenvalue weighted by molar-refractivity contribution is 0.204. The lowest BCUT2D eigenvalue weighted by atomic mass is 9.92. The number of nitrogens with one attached hydrogen (secondary N) is 1. The van der Waals surface area contributed by atoms with E-state index in [1.165, 1.54) is 32.6 Å². The van der Waals surface area contributed by atoms with Gasteiger partial charge in [0, 0.05) is 34.6 Å². The Balaban J connectivity index is 1.62. The molecule has 2 aromatic carbocycles. The molecule has 3 heterocycles. The molecule has 0 amide bonds. The molecule has 0 bridgehead atoms. The zero-order valence-corrected chi connectivity index (χ0v) is 16.1. The molecule has 3 nitrogen and oxygen atoms in total. The first-order valence-electron chi connectivity index (χ1n) is 9.33. The van der Waals surface area contributed by atoms with Crippen LogP contribution < -0.4 is 4.74 Å². The molecular formula is C23H22N2OS. The standard InChI is InChI=1S/C23H22N2OS/c1-26-17-10-8-16(9-11-17)23-22-20(19-6-2-3-7-21(19)24-22)12-13-25(23)15-18-5-4-14-27-18/h2-11,14,23-24H,12-13,15H2,1H3. The molecule has 1 unspecified atom stereocenters. The lowest BCUT2D eigenvalue weighted by Crippen LogP contribution is -2.35. The second-order valence-corrected chi connectivity index (χ2v) is 8.07. The molecule has 27 heavy (non-hydrogen) atoms. The van der Waals surface area contributed by atoms with Gasteiger partial charge in [0.05, 0.1) is 13.2 Å². The largest absolute Gasteiger partial charge is 0.497 e. The highest BCUT2D eigenvalue weighted by atomic mass is 32.1. The summed E-state index contributed by atoms with van der Waals surface area (Å²) in [5, 5.41) is 3.53. The van der Waals surface area contributed by atoms with E-state index >= 15 is 0 Å². The van der Waals surface area contributed by atoms with E-state index in [2.05, 4.69) is 75.9 Å². The van der Waals surface area contributed by atoms with E-state index in [0.29, 0.717) is 0 Å². The minimum absolute atomic E-state index is 0.231. The van der Waals surface area contributed by atoms with Gasteiger partial charge in [0.15, 0.2) is 0 Å². The fraction of sp³-hybridized carbons (Fsp3) is 0.217. The molecular weight excluding hydrogens is 352 g/mol. The Morgan fingerprint density at radius 3 is 2.70 bits per heavy atom. The summed E-state index contributed by atoms with van der Waals surface area (Å²) in [6.07, 6.45) is 1.08. The second kappa shape index (κ2) is 6.87. The molecule has 136 valence electrons. The Morgan fingerprint density at radius 1 is 1.07 bits per heavy atom. The summed E-state index contributed by atoms with van der Waals surface area (Å²) in [7, 11) is 1.72. The van der Waals surface area contributed by atoms with Crippen LogP contribution >= 0.6 is 11.3 Å². The number of fused-ring (bicyclic) bond motifs is 3. The smallest absolute Gasteiger partial charge is 0.118 e. The lowest BCUT2D eigenvalue weighted by Gasteiger charge is -2.36. The number of hydrogen-bond acceptors (Lipinski definition) is 3. The molecule has 1 N–H and O–H groups in total. The summed E-state index contributed by atoms with van der Waals surface area (Å²) in [6.45, 7) is 2.03. The van der Waals surface area contributed by atoms with Crippen LogP contribution in [-0.4, -0.2) is 23.5 Å². The summed E-state index contributed by atoms with van der Waals surface area (Å²) in [6, 6.07) is 21.8. The Bertz CT molecular complexity index is 1050. The molecule has 0 spiro atoms. The third-order valence-electron chi connectivity index (χ3n) is 5.50. The summed E-state index contributed by atoms with van der Waals surface area (Å²) < 4.78 is 5.37. The van der Waals surface area contributed by atoms with Gasteiger partial charge < -0.3 is 9.72 Å². The van der Waals surface area contributed by atoms with Crippen LogP contribution in [0.15, 0.2) is 66.0 Å². The van der Waals surface area contributed by atoms with Gasteiger partial charge in [-0.25, -0.2) is 0 Å². The highest BCUT2D eigenvalue weighted by molar-refractivity contribution is 7.09. The van der Waals surface area contributed by atoms with E-state index in [0.717, 1.165) is 25.3 Å². The van der Waals surface area contributed by atoms with E-state index in [9.17, 15) is 0 Å². The number of benzene rings is 2. The monoisotopic (exact) mass is 374 g/mol. The normalized spacial score (nSPS) is 17.1. The van der Waals surface area contributed by atoms with Crippen molar-refractivity contribution in [1.29, 1.82) is 0 Å². The number of nitrogens with zero attached hydrogens (tertiary/aromatic N) is 1. The fourth-order valence-electron chi connectivity index (χ4n) is 4.23. The molecule has 1 aliphatic heterocycles. The molecule has 4 heteroatoms. The van der Waals surface area contributed by atoms with Crippen molar-refractivity contribution in [3.8, 4) is 5.75 Å². The summed E-state index contributed by atoms with van der Waals surface area (Å²) in [5.41, 5.74) is 5.34. The molecule has 5 rings (SSSR count). The zero-order valence-electron chi connectivity index (χ0n) is 15.3. The molecule has 2 aromatic heterocycles. The van der Waals surface area contributed by atoms with Crippen molar-refractivity contribution in [3.63, 3.8) is 0 Å². The number of para-hydroxylation sites is 1. The Hall–Kier alpha value is -2.56. The van der Waals surface area contributed by atoms with Gasteiger partial charge in [0.25, 0.3) is 0 Å². The van der Waals surface area contributed by atoms with E-state index in [-0.39, 0.29) is 6.04 Å². The van der Waals surface area contributed by atoms with Gasteiger partial charge in [-0.05, 0) is 47.2 Å². The molecule has 0 saturated carbocycles. The maximum atomic E-state index is 5.37. The molecule has 1 aliphatic rings. The van der Waals surface area contributed by atoms with Crippen molar-refractivity contribution >= 4 is 22.2 Å². The van der Waals surface area contributed by atoms with Gasteiger partial charge in [-0.2, -0.15) is 0 Å². The molecule has 4 aromatic rings. The van der Waals surface area contributed by atoms with Crippen molar-refractivity contribution in [3.05, 3.63) is 87.7 Å². The number of rotatable bonds is 4. The van der Waals surface area contributed by atoms with Crippen LogP contribution in [0.25, 0.3) is 10.9 Å². The van der Waals surface area contributed by atoms with Crippen LogP contribution in [0.2, 0.25) is 0 Å². The average molecular weight is 375 g/mol. The number of thiophene rings is 1. The molecule has 1 atom stereocenters. The predicted octanol–water partition coefficient (Wildman–Crippen LogP) is 5.39. The molecule has 0 saturated heterocycles. The SMILES string of the molecule is COc1ccc(C2c3[nH]c4ccccc4c3CCN2Cc2cccs2)cc1. The van der Waals surface area contributed by atoms with E-state index in [1.54, 1.807) is 7.11 Å². The van der Waals surface area contributed by atoms with Gasteiger partial charge in [-0.15, -0.1) is 11.3 Å². The van der Waals surface area contributed by atoms with Crippen molar-refractivity contribution in [1.82, 2.24) is 9.88 Å². The van der Waals surface area contributed by atoms with Gasteiger partial charge >= 0.3 is 0 Å². The molecule has 0 radical (unpaired) electrons. The first-order chi connectivity index (χ1) is 13.3. The van der Waals surface area contributed by atoms with Gasteiger partial charge in [-0.1, -0.05) is 36.4 Å². The van der Waals surface area contributed by atoms with E-state index < -0.39 is 0 Å². The van der Waals surface area contributed by atoms with Crippen LogP contribution in [0.3, 0.4) is 0 Å². The number of H-pyrrole nitrogens is 1. The van der Waals surface area contributed by atoms with Crippen LogP contribution in [0, 0.1) is 0 Å². The minimum atomic E-state index is 0.231. The summed E-state index contributed by atoms with van der Waals surface area (Å²) in [4.78, 5) is 7.73. The topological polar surface area (TPSA) is 28.3 Å². The highest BCUT2D eigenvalue weighted by Crippen LogP contribution is 2.39. The Kier molecular flexibility index (Phi) is 4.23. The second-order valence-electron chi connectivity index (χ2n) is 7.04. The third-order valence-corrected chi connectivity index (χ3v) is 6.37.